The first kappa shape index (κ1) is 17.0. The minimum atomic E-state index is -0.823. The summed E-state index contributed by atoms with van der Waals surface area (Å²) in [5, 5.41) is 11.5. The van der Waals surface area contributed by atoms with Gasteiger partial charge in [0.05, 0.1) is 13.2 Å². The summed E-state index contributed by atoms with van der Waals surface area (Å²) in [6.45, 7) is 2.00. The number of carboxylic acids is 1. The molecule has 1 rings (SSSR count). The zero-order valence-corrected chi connectivity index (χ0v) is 12.6. The predicted octanol–water partition coefficient (Wildman–Crippen LogP) is 2.91. The van der Waals surface area contributed by atoms with E-state index in [1.807, 2.05) is 31.2 Å². The molecule has 1 aromatic rings. The van der Waals surface area contributed by atoms with E-state index in [-0.39, 0.29) is 18.4 Å². The topological polar surface area (TPSA) is 75.6 Å². The van der Waals surface area contributed by atoms with Crippen molar-refractivity contribution >= 4 is 11.9 Å². The van der Waals surface area contributed by atoms with Crippen LogP contribution in [0.4, 0.5) is 0 Å². The summed E-state index contributed by atoms with van der Waals surface area (Å²) in [6.07, 6.45) is 2.33. The first-order valence-electron chi connectivity index (χ1n) is 7.22. The Kier molecular flexibility index (Phi) is 7.29. The van der Waals surface area contributed by atoms with Gasteiger partial charge < -0.3 is 15.2 Å². The molecule has 116 valence electrons. The summed E-state index contributed by atoms with van der Waals surface area (Å²) in [7, 11) is 1.61. The zero-order chi connectivity index (χ0) is 15.7. The minimum Gasteiger partial charge on any atom is -0.496 e. The fourth-order valence-electron chi connectivity index (χ4n) is 2.18. The van der Waals surface area contributed by atoms with Crippen molar-refractivity contribution in [1.29, 1.82) is 0 Å². The molecule has 0 bridgehead atoms. The molecular weight excluding hydrogens is 270 g/mol. The molecule has 0 aliphatic rings. The number of ether oxygens (including phenoxy) is 1. The standard InChI is InChI=1S/C16H23NO4/c1-3-13(12-8-4-5-9-14(12)21-2)17-15(18)10-6-7-11-16(19)20/h4-5,8-9,13H,3,6-7,10-11H2,1-2H3,(H,17,18)(H,19,20). The maximum Gasteiger partial charge on any atom is 0.303 e. The Balaban J connectivity index is 2.53. The summed E-state index contributed by atoms with van der Waals surface area (Å²) in [5.74, 6) is -0.121. The van der Waals surface area contributed by atoms with E-state index in [1.165, 1.54) is 0 Å². The molecular formula is C16H23NO4. The molecule has 0 saturated carbocycles. The molecule has 5 nitrogen and oxygen atoms in total. The number of hydrogen-bond acceptors (Lipinski definition) is 3. The van der Waals surface area contributed by atoms with E-state index < -0.39 is 5.97 Å². The first-order valence-corrected chi connectivity index (χ1v) is 7.22. The van der Waals surface area contributed by atoms with Gasteiger partial charge in [-0.2, -0.15) is 0 Å². The Morgan fingerprint density at radius 2 is 1.90 bits per heavy atom. The average Bonchev–Trinajstić information content (AvgIpc) is 2.49. The maximum absolute atomic E-state index is 11.9. The van der Waals surface area contributed by atoms with Crippen molar-refractivity contribution in [3.05, 3.63) is 29.8 Å². The van der Waals surface area contributed by atoms with Crippen LogP contribution in [0.5, 0.6) is 5.75 Å². The fourth-order valence-corrected chi connectivity index (χ4v) is 2.18. The minimum absolute atomic E-state index is 0.0573. The van der Waals surface area contributed by atoms with Crippen molar-refractivity contribution in [2.75, 3.05) is 7.11 Å². The van der Waals surface area contributed by atoms with Crippen LogP contribution in [0.15, 0.2) is 24.3 Å². The molecule has 21 heavy (non-hydrogen) atoms. The van der Waals surface area contributed by atoms with Crippen molar-refractivity contribution in [3.8, 4) is 5.75 Å². The van der Waals surface area contributed by atoms with Crippen LogP contribution >= 0.6 is 0 Å². The van der Waals surface area contributed by atoms with Crippen molar-refractivity contribution in [1.82, 2.24) is 5.32 Å². The van der Waals surface area contributed by atoms with Gasteiger partial charge in [-0.15, -0.1) is 0 Å². The van der Waals surface area contributed by atoms with Crippen LogP contribution in [0, 0.1) is 0 Å². The monoisotopic (exact) mass is 293 g/mol. The molecule has 1 amide bonds. The largest absolute Gasteiger partial charge is 0.496 e. The summed E-state index contributed by atoms with van der Waals surface area (Å²) in [4.78, 5) is 22.3. The van der Waals surface area contributed by atoms with Gasteiger partial charge >= 0.3 is 5.97 Å². The smallest absolute Gasteiger partial charge is 0.303 e. The number of nitrogens with one attached hydrogen (secondary N) is 1. The number of carboxylic acid groups (broad SMARTS) is 1. The molecule has 1 aromatic carbocycles. The van der Waals surface area contributed by atoms with Crippen molar-refractivity contribution in [2.24, 2.45) is 0 Å². The number of amides is 1. The fraction of sp³-hybridized carbons (Fsp3) is 0.500. The molecule has 0 fully saturated rings. The second kappa shape index (κ2) is 9.00. The Morgan fingerprint density at radius 1 is 1.24 bits per heavy atom. The molecule has 0 heterocycles. The summed E-state index contributed by atoms with van der Waals surface area (Å²) >= 11 is 0. The highest BCUT2D eigenvalue weighted by molar-refractivity contribution is 5.76. The van der Waals surface area contributed by atoms with Crippen LogP contribution in [0.3, 0.4) is 0 Å². The van der Waals surface area contributed by atoms with Gasteiger partial charge in [0, 0.05) is 18.4 Å². The van der Waals surface area contributed by atoms with E-state index >= 15 is 0 Å². The summed E-state index contributed by atoms with van der Waals surface area (Å²) < 4.78 is 5.32. The van der Waals surface area contributed by atoms with Gasteiger partial charge in [0.2, 0.25) is 5.91 Å². The van der Waals surface area contributed by atoms with Crippen molar-refractivity contribution in [2.45, 2.75) is 45.1 Å². The third kappa shape index (κ3) is 5.85. The number of unbranched alkanes of at least 4 members (excludes halogenated alkanes) is 1. The molecule has 0 radical (unpaired) electrons. The number of benzene rings is 1. The first-order chi connectivity index (χ1) is 10.1. The van der Waals surface area contributed by atoms with Gasteiger partial charge in [-0.05, 0) is 25.3 Å². The molecule has 0 saturated heterocycles. The highest BCUT2D eigenvalue weighted by Crippen LogP contribution is 2.26. The van der Waals surface area contributed by atoms with Crippen LogP contribution in [0.1, 0.15) is 50.6 Å². The van der Waals surface area contributed by atoms with Crippen molar-refractivity contribution < 1.29 is 19.4 Å². The van der Waals surface area contributed by atoms with Gasteiger partial charge in [0.15, 0.2) is 0 Å². The van der Waals surface area contributed by atoms with E-state index in [4.69, 9.17) is 9.84 Å². The molecule has 0 aliphatic carbocycles. The number of carbonyl (C=O) groups is 2. The molecule has 5 heteroatoms. The second-order valence-electron chi connectivity index (χ2n) is 4.87. The van der Waals surface area contributed by atoms with Crippen LogP contribution < -0.4 is 10.1 Å². The average molecular weight is 293 g/mol. The van der Waals surface area contributed by atoms with E-state index in [0.29, 0.717) is 19.3 Å². The van der Waals surface area contributed by atoms with Crippen LogP contribution in [-0.4, -0.2) is 24.1 Å². The van der Waals surface area contributed by atoms with Crippen LogP contribution in [-0.2, 0) is 9.59 Å². The van der Waals surface area contributed by atoms with Gasteiger partial charge in [0.25, 0.3) is 0 Å². The lowest BCUT2D eigenvalue weighted by atomic mass is 10.0. The molecule has 0 spiro atoms. The number of para-hydroxylation sites is 1. The SMILES string of the molecule is CCC(NC(=O)CCCCC(=O)O)c1ccccc1OC. The number of carbonyl (C=O) groups excluding carboxylic acids is 1. The highest BCUT2D eigenvalue weighted by Gasteiger charge is 2.16. The van der Waals surface area contributed by atoms with E-state index in [1.54, 1.807) is 7.11 Å². The summed E-state index contributed by atoms with van der Waals surface area (Å²) in [5.41, 5.74) is 0.960. The molecule has 0 aliphatic heterocycles. The quantitative estimate of drug-likeness (QED) is 0.686. The van der Waals surface area contributed by atoms with E-state index in [2.05, 4.69) is 5.32 Å². The normalized spacial score (nSPS) is 11.7. The van der Waals surface area contributed by atoms with Crippen molar-refractivity contribution in [3.63, 3.8) is 0 Å². The number of rotatable bonds is 9. The molecule has 1 unspecified atom stereocenters. The predicted molar refractivity (Wildman–Crippen MR) is 80.3 cm³/mol. The van der Waals surface area contributed by atoms with Crippen LogP contribution in [0.2, 0.25) is 0 Å². The van der Waals surface area contributed by atoms with Gasteiger partial charge in [-0.25, -0.2) is 0 Å². The molecule has 2 N–H and O–H groups in total. The van der Waals surface area contributed by atoms with E-state index in [9.17, 15) is 9.59 Å². The lowest BCUT2D eigenvalue weighted by molar-refractivity contribution is -0.137. The zero-order valence-electron chi connectivity index (χ0n) is 12.6. The third-order valence-electron chi connectivity index (χ3n) is 3.30. The molecule has 1 atom stereocenters. The third-order valence-corrected chi connectivity index (χ3v) is 3.30. The number of hydrogen-bond donors (Lipinski definition) is 2. The van der Waals surface area contributed by atoms with Crippen LogP contribution in [0.25, 0.3) is 0 Å². The molecule has 0 aromatic heterocycles. The lowest BCUT2D eigenvalue weighted by Gasteiger charge is -2.20. The Morgan fingerprint density at radius 3 is 2.52 bits per heavy atom. The Hall–Kier alpha value is -2.04. The van der Waals surface area contributed by atoms with Gasteiger partial charge in [-0.1, -0.05) is 25.1 Å². The Bertz CT molecular complexity index is 473. The van der Waals surface area contributed by atoms with Gasteiger partial charge in [-0.3, -0.25) is 9.59 Å². The Labute approximate surface area is 125 Å². The number of methoxy groups -OCH3 is 1. The maximum atomic E-state index is 11.9. The van der Waals surface area contributed by atoms with E-state index in [0.717, 1.165) is 17.7 Å². The lowest BCUT2D eigenvalue weighted by Crippen LogP contribution is -2.28. The highest BCUT2D eigenvalue weighted by atomic mass is 16.5. The summed E-state index contributed by atoms with van der Waals surface area (Å²) in [6, 6.07) is 7.53. The number of aliphatic carboxylic acids is 1. The van der Waals surface area contributed by atoms with Gasteiger partial charge in [0.1, 0.15) is 5.75 Å². The second-order valence-corrected chi connectivity index (χ2v) is 4.87.